The lowest BCUT2D eigenvalue weighted by Gasteiger charge is -2.39. The van der Waals surface area contributed by atoms with Gasteiger partial charge in [-0.3, -0.25) is 0 Å². The Labute approximate surface area is 131 Å². The minimum absolute atomic E-state index is 0.0731. The fraction of sp³-hybridized carbons (Fsp3) is 0.562. The van der Waals surface area contributed by atoms with Crippen molar-refractivity contribution < 1.29 is 9.90 Å². The van der Waals surface area contributed by atoms with E-state index >= 15 is 0 Å². The molecule has 0 spiro atoms. The van der Waals surface area contributed by atoms with E-state index < -0.39 is 6.09 Å². The van der Waals surface area contributed by atoms with Crippen LogP contribution < -0.4 is 5.32 Å². The first kappa shape index (κ1) is 16.1. The van der Waals surface area contributed by atoms with Crippen LogP contribution in [0.3, 0.4) is 0 Å². The first-order chi connectivity index (χ1) is 9.95. The van der Waals surface area contributed by atoms with Gasteiger partial charge in [-0.15, -0.1) is 0 Å². The SMILES string of the molecule is CC(C)C[C@H]1CN[C@@H](Cc2ccc(Cl)cc2)CN1C(=O)O. The monoisotopic (exact) mass is 310 g/mol. The van der Waals surface area contributed by atoms with Crippen molar-refractivity contribution in [3.8, 4) is 0 Å². The number of nitrogens with one attached hydrogen (secondary N) is 1. The summed E-state index contributed by atoms with van der Waals surface area (Å²) in [5.41, 5.74) is 1.17. The highest BCUT2D eigenvalue weighted by atomic mass is 35.5. The highest BCUT2D eigenvalue weighted by Crippen LogP contribution is 2.18. The second-order valence-electron chi connectivity index (χ2n) is 6.15. The molecule has 1 saturated heterocycles. The van der Waals surface area contributed by atoms with Gasteiger partial charge in [0.1, 0.15) is 0 Å². The molecule has 0 saturated carbocycles. The Morgan fingerprint density at radius 2 is 2.10 bits per heavy atom. The Morgan fingerprint density at radius 3 is 2.67 bits per heavy atom. The number of nitrogens with zero attached hydrogens (tertiary/aromatic N) is 1. The highest BCUT2D eigenvalue weighted by molar-refractivity contribution is 6.30. The Hall–Kier alpha value is -1.26. The van der Waals surface area contributed by atoms with Crippen LogP contribution in [0.2, 0.25) is 5.02 Å². The molecule has 1 aliphatic rings. The van der Waals surface area contributed by atoms with Crippen LogP contribution in [0.25, 0.3) is 0 Å². The van der Waals surface area contributed by atoms with Gasteiger partial charge in [-0.25, -0.2) is 4.79 Å². The summed E-state index contributed by atoms with van der Waals surface area (Å²) in [7, 11) is 0. The molecule has 21 heavy (non-hydrogen) atoms. The predicted molar refractivity (Wildman–Crippen MR) is 84.9 cm³/mol. The number of amides is 1. The number of rotatable bonds is 4. The van der Waals surface area contributed by atoms with Crippen molar-refractivity contribution in [3.63, 3.8) is 0 Å². The van der Waals surface area contributed by atoms with Crippen LogP contribution in [0.15, 0.2) is 24.3 Å². The van der Waals surface area contributed by atoms with E-state index in [1.54, 1.807) is 4.90 Å². The average Bonchev–Trinajstić information content (AvgIpc) is 2.42. The highest BCUT2D eigenvalue weighted by Gasteiger charge is 2.31. The first-order valence-electron chi connectivity index (χ1n) is 7.43. The fourth-order valence-electron chi connectivity index (χ4n) is 2.89. The summed E-state index contributed by atoms with van der Waals surface area (Å²) in [6, 6.07) is 7.96. The molecule has 2 atom stereocenters. The molecular formula is C16H23ClN2O2. The number of carbonyl (C=O) groups is 1. The van der Waals surface area contributed by atoms with Crippen molar-refractivity contribution >= 4 is 17.7 Å². The number of hydrogen-bond donors (Lipinski definition) is 2. The van der Waals surface area contributed by atoms with Gasteiger partial charge < -0.3 is 15.3 Å². The molecule has 0 bridgehead atoms. The molecule has 2 N–H and O–H groups in total. The standard InChI is InChI=1S/C16H23ClN2O2/c1-11(2)7-15-9-18-14(10-19(15)16(20)21)8-12-3-5-13(17)6-4-12/h3-6,11,14-15,18H,7-10H2,1-2H3,(H,20,21)/t14-,15-/m0/s1. The molecule has 116 valence electrons. The summed E-state index contributed by atoms with van der Waals surface area (Å²) in [5.74, 6) is 0.492. The maximum atomic E-state index is 11.5. The molecule has 1 aliphatic heterocycles. The molecule has 1 heterocycles. The third-order valence-corrected chi connectivity index (χ3v) is 4.14. The minimum atomic E-state index is -0.816. The van der Waals surface area contributed by atoms with E-state index in [0.29, 0.717) is 12.5 Å². The molecule has 4 nitrogen and oxygen atoms in total. The zero-order valence-corrected chi connectivity index (χ0v) is 13.3. The second kappa shape index (κ2) is 7.14. The summed E-state index contributed by atoms with van der Waals surface area (Å²) in [6.45, 7) is 5.51. The normalized spacial score (nSPS) is 22.6. The Bertz CT molecular complexity index is 476. The van der Waals surface area contributed by atoms with Gasteiger partial charge in [0.15, 0.2) is 0 Å². The molecule has 2 rings (SSSR count). The van der Waals surface area contributed by atoms with Crippen molar-refractivity contribution in [2.45, 2.75) is 38.8 Å². The fourth-order valence-corrected chi connectivity index (χ4v) is 3.02. The molecule has 1 aromatic rings. The molecule has 0 aliphatic carbocycles. The van der Waals surface area contributed by atoms with Gasteiger partial charge in [0.05, 0.1) is 0 Å². The lowest BCUT2D eigenvalue weighted by molar-refractivity contribution is 0.0908. The third kappa shape index (κ3) is 4.61. The van der Waals surface area contributed by atoms with Crippen molar-refractivity contribution in [1.29, 1.82) is 0 Å². The molecule has 1 amide bonds. The zero-order valence-electron chi connectivity index (χ0n) is 12.6. The lowest BCUT2D eigenvalue weighted by Crippen LogP contribution is -2.58. The maximum absolute atomic E-state index is 11.5. The smallest absolute Gasteiger partial charge is 0.407 e. The van der Waals surface area contributed by atoms with Gasteiger partial charge in [0.25, 0.3) is 0 Å². The Balaban J connectivity index is 1.98. The largest absolute Gasteiger partial charge is 0.465 e. The van der Waals surface area contributed by atoms with Crippen molar-refractivity contribution in [2.24, 2.45) is 5.92 Å². The van der Waals surface area contributed by atoms with Gasteiger partial charge in [0, 0.05) is 30.2 Å². The van der Waals surface area contributed by atoms with E-state index in [0.717, 1.165) is 24.4 Å². The van der Waals surface area contributed by atoms with Crippen LogP contribution in [0.4, 0.5) is 4.79 Å². The second-order valence-corrected chi connectivity index (χ2v) is 6.59. The Kier molecular flexibility index (Phi) is 5.48. The van der Waals surface area contributed by atoms with Crippen LogP contribution in [0.1, 0.15) is 25.8 Å². The summed E-state index contributed by atoms with van der Waals surface area (Å²) in [5, 5.41) is 13.6. The van der Waals surface area contributed by atoms with Crippen LogP contribution >= 0.6 is 11.6 Å². The quantitative estimate of drug-likeness (QED) is 0.897. The van der Waals surface area contributed by atoms with E-state index in [1.807, 2.05) is 24.3 Å². The van der Waals surface area contributed by atoms with E-state index in [1.165, 1.54) is 5.56 Å². The number of carboxylic acid groups (broad SMARTS) is 1. The van der Waals surface area contributed by atoms with Crippen LogP contribution in [0.5, 0.6) is 0 Å². The number of hydrogen-bond acceptors (Lipinski definition) is 2. The van der Waals surface area contributed by atoms with E-state index in [4.69, 9.17) is 11.6 Å². The number of piperazine rings is 1. The molecule has 1 fully saturated rings. The molecule has 0 unspecified atom stereocenters. The summed E-state index contributed by atoms with van der Waals surface area (Å²) in [6.07, 6.45) is 0.894. The average molecular weight is 311 g/mol. The van der Waals surface area contributed by atoms with Crippen LogP contribution in [-0.4, -0.2) is 41.3 Å². The molecular weight excluding hydrogens is 288 g/mol. The zero-order chi connectivity index (χ0) is 15.4. The molecule has 1 aromatic carbocycles. The van der Waals surface area contributed by atoms with E-state index in [2.05, 4.69) is 19.2 Å². The van der Waals surface area contributed by atoms with Gasteiger partial charge in [0.2, 0.25) is 0 Å². The summed E-state index contributed by atoms with van der Waals surface area (Å²) >= 11 is 5.89. The number of halogens is 1. The predicted octanol–water partition coefficient (Wildman–Crippen LogP) is 3.25. The Morgan fingerprint density at radius 1 is 1.43 bits per heavy atom. The maximum Gasteiger partial charge on any atom is 0.407 e. The van der Waals surface area contributed by atoms with Crippen molar-refractivity contribution in [2.75, 3.05) is 13.1 Å². The molecule has 0 aromatic heterocycles. The van der Waals surface area contributed by atoms with Gasteiger partial charge >= 0.3 is 6.09 Å². The van der Waals surface area contributed by atoms with Crippen LogP contribution in [0, 0.1) is 5.92 Å². The van der Waals surface area contributed by atoms with Gasteiger partial charge in [-0.2, -0.15) is 0 Å². The van der Waals surface area contributed by atoms with E-state index in [9.17, 15) is 9.90 Å². The number of benzene rings is 1. The van der Waals surface area contributed by atoms with E-state index in [-0.39, 0.29) is 12.1 Å². The minimum Gasteiger partial charge on any atom is -0.465 e. The summed E-state index contributed by atoms with van der Waals surface area (Å²) in [4.78, 5) is 13.1. The first-order valence-corrected chi connectivity index (χ1v) is 7.81. The van der Waals surface area contributed by atoms with Crippen molar-refractivity contribution in [3.05, 3.63) is 34.9 Å². The molecule has 0 radical (unpaired) electrons. The topological polar surface area (TPSA) is 52.6 Å². The van der Waals surface area contributed by atoms with Gasteiger partial charge in [-0.05, 0) is 36.5 Å². The lowest BCUT2D eigenvalue weighted by atomic mass is 9.97. The summed E-state index contributed by atoms with van der Waals surface area (Å²) < 4.78 is 0. The van der Waals surface area contributed by atoms with Crippen molar-refractivity contribution in [1.82, 2.24) is 10.2 Å². The van der Waals surface area contributed by atoms with Gasteiger partial charge in [-0.1, -0.05) is 37.6 Å². The van der Waals surface area contributed by atoms with Crippen LogP contribution in [-0.2, 0) is 6.42 Å². The molecule has 5 heteroatoms. The third-order valence-electron chi connectivity index (χ3n) is 3.88.